The highest BCUT2D eigenvalue weighted by Crippen LogP contribution is 2.15. The van der Waals surface area contributed by atoms with Gasteiger partial charge in [0.1, 0.15) is 0 Å². The Kier molecular flexibility index (Phi) is 5.74. The summed E-state index contributed by atoms with van der Waals surface area (Å²) in [5, 5.41) is 24.9. The van der Waals surface area contributed by atoms with Gasteiger partial charge in [0.25, 0.3) is 5.69 Å². The second-order valence-electron chi connectivity index (χ2n) is 4.08. The molecule has 0 spiro atoms. The molecule has 7 heteroatoms. The van der Waals surface area contributed by atoms with Crippen molar-refractivity contribution in [2.24, 2.45) is 0 Å². The monoisotopic (exact) mass is 267 g/mol. The molecule has 3 N–H and O–H groups in total. The van der Waals surface area contributed by atoms with Crippen molar-refractivity contribution < 1.29 is 14.8 Å². The van der Waals surface area contributed by atoms with E-state index in [1.807, 2.05) is 6.92 Å². The number of hydrogen-bond donors (Lipinski definition) is 3. The third-order valence-corrected chi connectivity index (χ3v) is 2.46. The van der Waals surface area contributed by atoms with Crippen LogP contribution in [-0.2, 0) is 0 Å². The number of carbonyl (C=O) groups is 1. The molecule has 0 aromatic heterocycles. The van der Waals surface area contributed by atoms with E-state index in [0.717, 1.165) is 6.42 Å². The lowest BCUT2D eigenvalue weighted by Crippen LogP contribution is -2.35. The van der Waals surface area contributed by atoms with Crippen molar-refractivity contribution in [1.82, 2.24) is 5.32 Å². The first-order valence-corrected chi connectivity index (χ1v) is 6.00. The van der Waals surface area contributed by atoms with Gasteiger partial charge in [-0.15, -0.1) is 0 Å². The third-order valence-electron chi connectivity index (χ3n) is 2.46. The molecule has 0 bridgehead atoms. The van der Waals surface area contributed by atoms with E-state index in [2.05, 4.69) is 10.6 Å². The molecule has 2 amide bonds. The van der Waals surface area contributed by atoms with Gasteiger partial charge >= 0.3 is 6.03 Å². The Morgan fingerprint density at radius 2 is 2.05 bits per heavy atom. The highest BCUT2D eigenvalue weighted by atomic mass is 16.6. The predicted molar refractivity (Wildman–Crippen MR) is 71.0 cm³/mol. The number of aliphatic hydroxyl groups is 1. The molecule has 104 valence electrons. The molecule has 19 heavy (non-hydrogen) atoms. The Balaban J connectivity index is 2.42. The van der Waals surface area contributed by atoms with E-state index in [1.54, 1.807) is 0 Å². The van der Waals surface area contributed by atoms with Crippen LogP contribution in [0.15, 0.2) is 24.3 Å². The van der Waals surface area contributed by atoms with E-state index >= 15 is 0 Å². The van der Waals surface area contributed by atoms with Crippen LogP contribution in [0, 0.1) is 10.1 Å². The summed E-state index contributed by atoms with van der Waals surface area (Å²) in [5.41, 5.74) is 0.414. The second-order valence-corrected chi connectivity index (χ2v) is 4.08. The Hall–Kier alpha value is -2.15. The van der Waals surface area contributed by atoms with Crippen molar-refractivity contribution >= 4 is 17.4 Å². The molecule has 1 aromatic rings. The minimum absolute atomic E-state index is 0.0377. The average Bonchev–Trinajstić information content (AvgIpc) is 2.37. The van der Waals surface area contributed by atoms with Crippen LogP contribution in [0.4, 0.5) is 16.2 Å². The van der Waals surface area contributed by atoms with Gasteiger partial charge in [-0.05, 0) is 18.6 Å². The zero-order valence-corrected chi connectivity index (χ0v) is 10.6. The van der Waals surface area contributed by atoms with Gasteiger partial charge < -0.3 is 15.7 Å². The van der Waals surface area contributed by atoms with Gasteiger partial charge in [0.2, 0.25) is 0 Å². The first kappa shape index (κ1) is 14.9. The van der Waals surface area contributed by atoms with Crippen LogP contribution in [0.5, 0.6) is 0 Å². The summed E-state index contributed by atoms with van der Waals surface area (Å²) < 4.78 is 0. The van der Waals surface area contributed by atoms with Crippen molar-refractivity contribution in [2.45, 2.75) is 25.9 Å². The normalized spacial score (nSPS) is 11.7. The molecule has 1 rings (SSSR count). The number of nitro groups is 1. The van der Waals surface area contributed by atoms with E-state index in [-0.39, 0.29) is 12.2 Å². The SMILES string of the molecule is CCCC(O)CNC(=O)Nc1ccc([N+](=O)[O-])cc1. The van der Waals surface area contributed by atoms with Crippen LogP contribution in [0.2, 0.25) is 0 Å². The van der Waals surface area contributed by atoms with Crippen LogP contribution >= 0.6 is 0 Å². The van der Waals surface area contributed by atoms with Gasteiger partial charge in [-0.2, -0.15) is 0 Å². The minimum Gasteiger partial charge on any atom is -0.391 e. The Labute approximate surface area is 110 Å². The van der Waals surface area contributed by atoms with E-state index in [9.17, 15) is 20.0 Å². The first-order valence-electron chi connectivity index (χ1n) is 6.00. The molecule has 0 radical (unpaired) electrons. The maximum Gasteiger partial charge on any atom is 0.319 e. The van der Waals surface area contributed by atoms with E-state index < -0.39 is 17.1 Å². The number of anilines is 1. The topological polar surface area (TPSA) is 104 Å². The third kappa shape index (κ3) is 5.35. The zero-order valence-electron chi connectivity index (χ0n) is 10.6. The molecule has 0 fully saturated rings. The summed E-state index contributed by atoms with van der Waals surface area (Å²) >= 11 is 0. The number of hydrogen-bond acceptors (Lipinski definition) is 4. The van der Waals surface area contributed by atoms with Crippen molar-refractivity contribution in [3.05, 3.63) is 34.4 Å². The molecular formula is C12H17N3O4. The quantitative estimate of drug-likeness (QED) is 0.540. The smallest absolute Gasteiger partial charge is 0.319 e. The van der Waals surface area contributed by atoms with Crippen LogP contribution in [0.25, 0.3) is 0 Å². The molecule has 0 saturated heterocycles. The number of nitrogens with one attached hydrogen (secondary N) is 2. The molecule has 0 aliphatic carbocycles. The number of benzene rings is 1. The minimum atomic E-state index is -0.562. The van der Waals surface area contributed by atoms with E-state index in [4.69, 9.17) is 0 Å². The molecule has 1 unspecified atom stereocenters. The number of aliphatic hydroxyl groups excluding tert-OH is 1. The summed E-state index contributed by atoms with van der Waals surface area (Å²) in [4.78, 5) is 21.4. The largest absolute Gasteiger partial charge is 0.391 e. The predicted octanol–water partition coefficient (Wildman–Crippen LogP) is 1.88. The summed E-state index contributed by atoms with van der Waals surface area (Å²) in [6.07, 6.45) is 0.901. The van der Waals surface area contributed by atoms with Gasteiger partial charge in [0.15, 0.2) is 0 Å². The lowest BCUT2D eigenvalue weighted by Gasteiger charge is -2.11. The number of carbonyl (C=O) groups excluding carboxylic acids is 1. The standard InChI is InChI=1S/C12H17N3O4/c1-2-3-11(16)8-13-12(17)14-9-4-6-10(7-5-9)15(18)19/h4-7,11,16H,2-3,8H2,1H3,(H2,13,14,17). The number of non-ortho nitro benzene ring substituents is 1. The zero-order chi connectivity index (χ0) is 14.3. The fourth-order valence-corrected chi connectivity index (χ4v) is 1.49. The molecule has 0 heterocycles. The van der Waals surface area contributed by atoms with Gasteiger partial charge in [0.05, 0.1) is 11.0 Å². The van der Waals surface area contributed by atoms with E-state index in [1.165, 1.54) is 24.3 Å². The first-order chi connectivity index (χ1) is 9.02. The Morgan fingerprint density at radius 3 is 2.58 bits per heavy atom. The number of rotatable bonds is 6. The van der Waals surface area contributed by atoms with Crippen LogP contribution in [0.3, 0.4) is 0 Å². The summed E-state index contributed by atoms with van der Waals surface area (Å²) in [6, 6.07) is 5.05. The lowest BCUT2D eigenvalue weighted by atomic mass is 10.2. The van der Waals surface area contributed by atoms with Crippen LogP contribution in [0.1, 0.15) is 19.8 Å². The highest BCUT2D eigenvalue weighted by Gasteiger charge is 2.08. The lowest BCUT2D eigenvalue weighted by molar-refractivity contribution is -0.384. The molecule has 1 aromatic carbocycles. The van der Waals surface area contributed by atoms with Crippen molar-refractivity contribution in [3.63, 3.8) is 0 Å². The fourth-order valence-electron chi connectivity index (χ4n) is 1.49. The second kappa shape index (κ2) is 7.32. The summed E-state index contributed by atoms with van der Waals surface area (Å²) in [5.74, 6) is 0. The number of urea groups is 1. The molecular weight excluding hydrogens is 250 g/mol. The Morgan fingerprint density at radius 1 is 1.42 bits per heavy atom. The highest BCUT2D eigenvalue weighted by molar-refractivity contribution is 5.89. The van der Waals surface area contributed by atoms with Crippen LogP contribution in [-0.4, -0.2) is 28.7 Å². The van der Waals surface area contributed by atoms with Crippen molar-refractivity contribution in [3.8, 4) is 0 Å². The van der Waals surface area contributed by atoms with E-state index in [0.29, 0.717) is 12.1 Å². The molecule has 0 aliphatic heterocycles. The van der Waals surface area contributed by atoms with Gasteiger partial charge in [0, 0.05) is 24.4 Å². The van der Waals surface area contributed by atoms with Crippen LogP contribution < -0.4 is 10.6 Å². The maximum absolute atomic E-state index is 11.5. The number of nitro benzene ring substituents is 1. The molecule has 7 nitrogen and oxygen atoms in total. The van der Waals surface area contributed by atoms with Gasteiger partial charge in [-0.3, -0.25) is 10.1 Å². The summed E-state index contributed by atoms with van der Waals surface area (Å²) in [6.45, 7) is 2.12. The van der Waals surface area contributed by atoms with Crippen molar-refractivity contribution in [2.75, 3.05) is 11.9 Å². The molecule has 0 aliphatic rings. The fraction of sp³-hybridized carbons (Fsp3) is 0.417. The van der Waals surface area contributed by atoms with Gasteiger partial charge in [-0.1, -0.05) is 13.3 Å². The van der Waals surface area contributed by atoms with Crippen molar-refractivity contribution in [1.29, 1.82) is 0 Å². The number of nitrogens with zero attached hydrogens (tertiary/aromatic N) is 1. The molecule has 1 atom stereocenters. The Bertz CT molecular complexity index is 433. The average molecular weight is 267 g/mol. The molecule has 0 saturated carbocycles. The maximum atomic E-state index is 11.5. The number of amides is 2. The van der Waals surface area contributed by atoms with Gasteiger partial charge in [-0.25, -0.2) is 4.79 Å². The summed E-state index contributed by atoms with van der Waals surface area (Å²) in [7, 11) is 0.